The van der Waals surface area contributed by atoms with E-state index in [4.69, 9.17) is 11.6 Å². The quantitative estimate of drug-likeness (QED) is 0.916. The van der Waals surface area contributed by atoms with Crippen LogP contribution in [0.1, 0.15) is 26.3 Å². The molecule has 0 bridgehead atoms. The summed E-state index contributed by atoms with van der Waals surface area (Å²) < 4.78 is 65.2. The van der Waals surface area contributed by atoms with Gasteiger partial charge < -0.3 is 0 Å². The molecule has 0 aromatic heterocycles. The summed E-state index contributed by atoms with van der Waals surface area (Å²) in [4.78, 5) is -0.929. The lowest BCUT2D eigenvalue weighted by Gasteiger charge is -2.20. The van der Waals surface area contributed by atoms with Crippen LogP contribution in [-0.2, 0) is 16.2 Å². The Morgan fingerprint density at radius 1 is 1.20 bits per heavy atom. The largest absolute Gasteiger partial charge is 0.417 e. The topological polar surface area (TPSA) is 46.2 Å². The van der Waals surface area contributed by atoms with Crippen LogP contribution in [-0.4, -0.2) is 14.5 Å². The number of nitrogens with one attached hydrogen (secondary N) is 1. The molecule has 1 unspecified atom stereocenters. The lowest BCUT2D eigenvalue weighted by molar-refractivity contribution is -0.139. The van der Waals surface area contributed by atoms with Crippen molar-refractivity contribution in [2.75, 3.05) is 0 Å². The molecule has 0 amide bonds. The Balaban J connectivity index is 3.39. The Bertz CT molecular complexity index is 585. The summed E-state index contributed by atoms with van der Waals surface area (Å²) in [7, 11) is -4.35. The molecule has 1 aromatic carbocycles. The highest BCUT2D eigenvalue weighted by molar-refractivity contribution is 7.89. The van der Waals surface area contributed by atoms with Crippen LogP contribution in [0.2, 0.25) is 5.02 Å². The highest BCUT2D eigenvalue weighted by atomic mass is 35.5. The second-order valence-electron chi connectivity index (χ2n) is 4.77. The predicted octanol–water partition coefficient (Wildman–Crippen LogP) is 3.68. The minimum atomic E-state index is -4.80. The van der Waals surface area contributed by atoms with Crippen LogP contribution < -0.4 is 4.72 Å². The first kappa shape index (κ1) is 17.3. The van der Waals surface area contributed by atoms with E-state index < -0.39 is 37.7 Å². The van der Waals surface area contributed by atoms with Crippen LogP contribution >= 0.6 is 11.6 Å². The van der Waals surface area contributed by atoms with Crippen LogP contribution in [0.25, 0.3) is 0 Å². The van der Waals surface area contributed by atoms with Gasteiger partial charge in [-0.2, -0.15) is 13.2 Å². The molecule has 114 valence electrons. The van der Waals surface area contributed by atoms with Gasteiger partial charge in [-0.1, -0.05) is 31.5 Å². The molecule has 0 aliphatic rings. The standard InChI is InChI=1S/C12H15ClF3NO2S/c1-7(2)8(3)17-20(18,19)11-9(12(14,15)16)5-4-6-10(11)13/h4-8,17H,1-3H3. The molecule has 0 aliphatic carbocycles. The van der Waals surface area contributed by atoms with Gasteiger partial charge in [0.25, 0.3) is 0 Å². The first-order chi connectivity index (χ1) is 8.97. The number of sulfonamides is 1. The lowest BCUT2D eigenvalue weighted by Crippen LogP contribution is -2.37. The van der Waals surface area contributed by atoms with Gasteiger partial charge in [0.2, 0.25) is 10.0 Å². The van der Waals surface area contributed by atoms with Gasteiger partial charge in [-0.25, -0.2) is 13.1 Å². The normalized spacial score (nSPS) is 14.6. The summed E-state index contributed by atoms with van der Waals surface area (Å²) in [6, 6.07) is 2.36. The molecule has 1 rings (SSSR count). The molecule has 0 spiro atoms. The zero-order valence-corrected chi connectivity index (χ0v) is 12.7. The van der Waals surface area contributed by atoms with Crippen molar-refractivity contribution in [1.29, 1.82) is 0 Å². The molecule has 0 saturated heterocycles. The third kappa shape index (κ3) is 3.86. The number of alkyl halides is 3. The summed E-state index contributed by atoms with van der Waals surface area (Å²) in [5, 5.41) is -0.455. The van der Waals surface area contributed by atoms with Gasteiger partial charge in [0.15, 0.2) is 0 Å². The van der Waals surface area contributed by atoms with E-state index in [1.165, 1.54) is 0 Å². The van der Waals surface area contributed by atoms with E-state index in [0.29, 0.717) is 6.07 Å². The average molecular weight is 330 g/mol. The molecule has 8 heteroatoms. The molecule has 3 nitrogen and oxygen atoms in total. The summed E-state index contributed by atoms with van der Waals surface area (Å²) >= 11 is 5.66. The molecule has 1 atom stereocenters. The van der Waals surface area contributed by atoms with Gasteiger partial charge >= 0.3 is 6.18 Å². The average Bonchev–Trinajstić information content (AvgIpc) is 2.26. The van der Waals surface area contributed by atoms with Crippen molar-refractivity contribution < 1.29 is 21.6 Å². The predicted molar refractivity (Wildman–Crippen MR) is 71.1 cm³/mol. The maximum Gasteiger partial charge on any atom is 0.417 e. The van der Waals surface area contributed by atoms with E-state index in [1.807, 2.05) is 0 Å². The highest BCUT2D eigenvalue weighted by Crippen LogP contribution is 2.37. The van der Waals surface area contributed by atoms with E-state index in [9.17, 15) is 21.6 Å². The molecular weight excluding hydrogens is 315 g/mol. The van der Waals surface area contributed by atoms with Gasteiger partial charge in [0, 0.05) is 6.04 Å². The second-order valence-corrected chi connectivity index (χ2v) is 6.83. The molecule has 1 N–H and O–H groups in total. The first-order valence-corrected chi connectivity index (χ1v) is 7.71. The highest BCUT2D eigenvalue weighted by Gasteiger charge is 2.38. The molecule has 0 saturated carbocycles. The number of halogens is 4. The summed E-state index contributed by atoms with van der Waals surface area (Å²) in [5.41, 5.74) is -1.27. The maximum absolute atomic E-state index is 12.9. The van der Waals surface area contributed by atoms with Crippen molar-refractivity contribution in [1.82, 2.24) is 4.72 Å². The van der Waals surface area contributed by atoms with Gasteiger partial charge in [-0.05, 0) is 25.0 Å². The molecule has 1 aromatic rings. The van der Waals surface area contributed by atoms with E-state index in [-0.39, 0.29) is 5.92 Å². The van der Waals surface area contributed by atoms with E-state index in [0.717, 1.165) is 12.1 Å². The third-order valence-corrected chi connectivity index (χ3v) is 4.97. The number of benzene rings is 1. The second kappa shape index (κ2) is 5.91. The van der Waals surface area contributed by atoms with Gasteiger partial charge in [-0.15, -0.1) is 0 Å². The number of rotatable bonds is 4. The third-order valence-electron chi connectivity index (χ3n) is 2.88. The Morgan fingerprint density at radius 2 is 1.75 bits per heavy atom. The molecule has 20 heavy (non-hydrogen) atoms. The fraction of sp³-hybridized carbons (Fsp3) is 0.500. The smallest absolute Gasteiger partial charge is 0.208 e. The number of hydrogen-bond donors (Lipinski definition) is 1. The Morgan fingerprint density at radius 3 is 2.20 bits per heavy atom. The summed E-state index contributed by atoms with van der Waals surface area (Å²) in [6.07, 6.45) is -4.80. The summed E-state index contributed by atoms with van der Waals surface area (Å²) in [6.45, 7) is 5.08. The monoisotopic (exact) mass is 329 g/mol. The van der Waals surface area contributed by atoms with E-state index >= 15 is 0 Å². The summed E-state index contributed by atoms with van der Waals surface area (Å²) in [5.74, 6) is -0.0680. The SMILES string of the molecule is CC(C)C(C)NS(=O)(=O)c1c(Cl)cccc1C(F)(F)F. The van der Waals surface area contributed by atoms with Crippen molar-refractivity contribution in [2.45, 2.75) is 37.9 Å². The molecule has 0 aliphatic heterocycles. The van der Waals surface area contributed by atoms with Crippen molar-refractivity contribution >= 4 is 21.6 Å². The maximum atomic E-state index is 12.9. The fourth-order valence-corrected chi connectivity index (χ4v) is 3.60. The Labute approximate surface area is 121 Å². The van der Waals surface area contributed by atoms with Crippen molar-refractivity contribution in [3.8, 4) is 0 Å². The van der Waals surface area contributed by atoms with Gasteiger partial charge in [0.05, 0.1) is 10.6 Å². The Kier molecular flexibility index (Phi) is 5.10. The minimum Gasteiger partial charge on any atom is -0.208 e. The Hall–Kier alpha value is -0.790. The molecule has 0 fully saturated rings. The van der Waals surface area contributed by atoms with Crippen LogP contribution in [0, 0.1) is 5.92 Å². The zero-order valence-electron chi connectivity index (χ0n) is 11.1. The van der Waals surface area contributed by atoms with Crippen LogP contribution in [0.15, 0.2) is 23.1 Å². The molecule has 0 radical (unpaired) electrons. The van der Waals surface area contributed by atoms with Crippen LogP contribution in [0.5, 0.6) is 0 Å². The minimum absolute atomic E-state index is 0.0680. The fourth-order valence-electron chi connectivity index (χ4n) is 1.44. The molecule has 0 heterocycles. The zero-order chi connectivity index (χ0) is 15.7. The van der Waals surface area contributed by atoms with Crippen molar-refractivity contribution in [3.05, 3.63) is 28.8 Å². The molecular formula is C12H15ClF3NO2S. The van der Waals surface area contributed by atoms with Gasteiger partial charge in [-0.3, -0.25) is 0 Å². The van der Waals surface area contributed by atoms with Crippen LogP contribution in [0.4, 0.5) is 13.2 Å². The van der Waals surface area contributed by atoms with E-state index in [2.05, 4.69) is 4.72 Å². The first-order valence-electron chi connectivity index (χ1n) is 5.85. The lowest BCUT2D eigenvalue weighted by atomic mass is 10.1. The van der Waals surface area contributed by atoms with Crippen molar-refractivity contribution in [2.24, 2.45) is 5.92 Å². The van der Waals surface area contributed by atoms with Crippen LogP contribution in [0.3, 0.4) is 0 Å². The van der Waals surface area contributed by atoms with Gasteiger partial charge in [0.1, 0.15) is 4.90 Å². The number of hydrogen-bond acceptors (Lipinski definition) is 2. The van der Waals surface area contributed by atoms with E-state index in [1.54, 1.807) is 20.8 Å². The van der Waals surface area contributed by atoms with Crippen molar-refractivity contribution in [3.63, 3.8) is 0 Å².